The van der Waals surface area contributed by atoms with Crippen LogP contribution in [0.25, 0.3) is 6.08 Å². The number of carboxylic acids is 1. The zero-order valence-electron chi connectivity index (χ0n) is 10.8. The molecule has 1 heterocycles. The highest BCUT2D eigenvalue weighted by molar-refractivity contribution is 9.10. The molecule has 1 aromatic heterocycles. The Balaban J connectivity index is 2.06. The molecule has 1 N–H and O–H groups in total. The van der Waals surface area contributed by atoms with Crippen molar-refractivity contribution >= 4 is 28.0 Å². The van der Waals surface area contributed by atoms with Crippen LogP contribution in [0.2, 0.25) is 0 Å². The van der Waals surface area contributed by atoms with E-state index in [4.69, 9.17) is 9.84 Å². The molecule has 0 aliphatic rings. The summed E-state index contributed by atoms with van der Waals surface area (Å²) in [6, 6.07) is 6.52. The van der Waals surface area contributed by atoms with E-state index in [1.165, 1.54) is 18.3 Å². The van der Waals surface area contributed by atoms with Crippen LogP contribution in [-0.4, -0.2) is 16.1 Å². The molecule has 0 saturated carbocycles. The Morgan fingerprint density at radius 1 is 1.38 bits per heavy atom. The molecule has 0 atom stereocenters. The second-order valence-corrected chi connectivity index (χ2v) is 5.02. The molecule has 6 heteroatoms. The lowest BCUT2D eigenvalue weighted by atomic mass is 10.2. The van der Waals surface area contributed by atoms with Crippen molar-refractivity contribution in [2.45, 2.75) is 6.61 Å². The maximum absolute atomic E-state index is 13.0. The molecule has 0 spiro atoms. The first kappa shape index (κ1) is 15.2. The van der Waals surface area contributed by atoms with E-state index in [9.17, 15) is 9.18 Å². The Kier molecular flexibility index (Phi) is 5.05. The van der Waals surface area contributed by atoms with Crippen LogP contribution in [0.15, 0.2) is 47.2 Å². The zero-order valence-corrected chi connectivity index (χ0v) is 12.4. The summed E-state index contributed by atoms with van der Waals surface area (Å²) in [6.07, 6.45) is 5.19. The standard InChI is InChI=1S/C15H11BrFNO3/c16-13-6-10(2-4-15(19)20)1-3-14(13)21-9-11-5-12(17)8-18-7-11/h1-8H,9H2,(H,19,20)/b4-2+. The average molecular weight is 352 g/mol. The minimum atomic E-state index is -1.01. The van der Waals surface area contributed by atoms with Crippen LogP contribution in [-0.2, 0) is 11.4 Å². The number of aromatic nitrogens is 1. The fourth-order valence-corrected chi connectivity index (χ4v) is 2.11. The fourth-order valence-electron chi connectivity index (χ4n) is 1.60. The van der Waals surface area contributed by atoms with Gasteiger partial charge in [-0.25, -0.2) is 9.18 Å². The second kappa shape index (κ2) is 6.99. The van der Waals surface area contributed by atoms with Gasteiger partial charge in [0.2, 0.25) is 0 Å². The van der Waals surface area contributed by atoms with Crippen LogP contribution in [0.5, 0.6) is 5.75 Å². The highest BCUT2D eigenvalue weighted by Crippen LogP contribution is 2.27. The van der Waals surface area contributed by atoms with Gasteiger partial charge in [0.25, 0.3) is 0 Å². The third kappa shape index (κ3) is 4.68. The van der Waals surface area contributed by atoms with Crippen LogP contribution in [0, 0.1) is 5.82 Å². The minimum Gasteiger partial charge on any atom is -0.488 e. The van der Waals surface area contributed by atoms with Crippen LogP contribution < -0.4 is 4.74 Å². The van der Waals surface area contributed by atoms with Crippen molar-refractivity contribution in [3.8, 4) is 5.75 Å². The highest BCUT2D eigenvalue weighted by Gasteiger charge is 2.03. The van der Waals surface area contributed by atoms with Crippen molar-refractivity contribution < 1.29 is 19.0 Å². The Morgan fingerprint density at radius 2 is 2.19 bits per heavy atom. The van der Waals surface area contributed by atoms with Gasteiger partial charge in [-0.05, 0) is 45.8 Å². The maximum Gasteiger partial charge on any atom is 0.328 e. The lowest BCUT2D eigenvalue weighted by Gasteiger charge is -2.08. The molecule has 0 unspecified atom stereocenters. The van der Waals surface area contributed by atoms with Crippen molar-refractivity contribution in [1.82, 2.24) is 4.98 Å². The van der Waals surface area contributed by atoms with E-state index < -0.39 is 11.8 Å². The monoisotopic (exact) mass is 351 g/mol. The zero-order chi connectivity index (χ0) is 15.2. The largest absolute Gasteiger partial charge is 0.488 e. The van der Waals surface area contributed by atoms with Gasteiger partial charge in [0, 0.05) is 17.8 Å². The second-order valence-electron chi connectivity index (χ2n) is 4.16. The van der Waals surface area contributed by atoms with Gasteiger partial charge in [0.05, 0.1) is 10.7 Å². The third-order valence-electron chi connectivity index (χ3n) is 2.53. The van der Waals surface area contributed by atoms with Crippen LogP contribution >= 0.6 is 15.9 Å². The Hall–Kier alpha value is -2.21. The summed E-state index contributed by atoms with van der Waals surface area (Å²) in [7, 11) is 0. The molecule has 2 aromatic rings. The van der Waals surface area contributed by atoms with Crippen molar-refractivity contribution in [3.63, 3.8) is 0 Å². The lowest BCUT2D eigenvalue weighted by molar-refractivity contribution is -0.131. The predicted molar refractivity (Wildman–Crippen MR) is 79.3 cm³/mol. The van der Waals surface area contributed by atoms with Gasteiger partial charge in [-0.2, -0.15) is 0 Å². The van der Waals surface area contributed by atoms with Crippen LogP contribution in [0.1, 0.15) is 11.1 Å². The number of pyridine rings is 1. The quantitative estimate of drug-likeness (QED) is 0.835. The van der Waals surface area contributed by atoms with Gasteiger partial charge >= 0.3 is 5.97 Å². The van der Waals surface area contributed by atoms with E-state index in [1.807, 2.05) is 0 Å². The normalized spacial score (nSPS) is 10.8. The summed E-state index contributed by atoms with van der Waals surface area (Å²) in [5.41, 5.74) is 1.35. The number of carbonyl (C=O) groups is 1. The third-order valence-corrected chi connectivity index (χ3v) is 3.15. The molecule has 0 radical (unpaired) electrons. The molecule has 21 heavy (non-hydrogen) atoms. The Bertz CT molecular complexity index is 688. The molecule has 108 valence electrons. The molecule has 2 rings (SSSR count). The van der Waals surface area contributed by atoms with Gasteiger partial charge in [-0.15, -0.1) is 0 Å². The maximum atomic E-state index is 13.0. The molecule has 0 saturated heterocycles. The van der Waals surface area contributed by atoms with Gasteiger partial charge in [0.1, 0.15) is 18.2 Å². The van der Waals surface area contributed by atoms with E-state index in [-0.39, 0.29) is 6.61 Å². The first-order valence-electron chi connectivity index (χ1n) is 5.97. The lowest BCUT2D eigenvalue weighted by Crippen LogP contribution is -1.97. The van der Waals surface area contributed by atoms with Crippen LogP contribution in [0.3, 0.4) is 0 Å². The Morgan fingerprint density at radius 3 is 2.86 bits per heavy atom. The Labute approximate surface area is 129 Å². The number of hydrogen-bond acceptors (Lipinski definition) is 3. The molecule has 4 nitrogen and oxygen atoms in total. The number of aliphatic carboxylic acids is 1. The first-order valence-corrected chi connectivity index (χ1v) is 6.76. The number of nitrogens with zero attached hydrogens (tertiary/aromatic N) is 1. The molecule has 0 aliphatic carbocycles. The summed E-state index contributed by atoms with van der Waals surface area (Å²) >= 11 is 3.35. The highest BCUT2D eigenvalue weighted by atomic mass is 79.9. The molecular formula is C15H11BrFNO3. The van der Waals surface area contributed by atoms with Gasteiger partial charge in [0.15, 0.2) is 0 Å². The first-order chi connectivity index (χ1) is 10.0. The number of hydrogen-bond donors (Lipinski definition) is 1. The average Bonchev–Trinajstić information content (AvgIpc) is 2.44. The summed E-state index contributed by atoms with van der Waals surface area (Å²) in [5.74, 6) is -0.846. The SMILES string of the molecule is O=C(O)/C=C/c1ccc(OCc2cncc(F)c2)c(Br)c1. The molecule has 0 aliphatic heterocycles. The number of carboxylic acid groups (broad SMARTS) is 1. The summed E-state index contributed by atoms with van der Waals surface area (Å²) in [6.45, 7) is 0.188. The van der Waals surface area contributed by atoms with Gasteiger partial charge < -0.3 is 9.84 Å². The molecule has 0 fully saturated rings. The van der Waals surface area contributed by atoms with Crippen molar-refractivity contribution in [2.75, 3.05) is 0 Å². The summed E-state index contributed by atoms with van der Waals surface area (Å²) < 4.78 is 19.2. The van der Waals surface area contributed by atoms with E-state index in [0.29, 0.717) is 15.8 Å². The summed E-state index contributed by atoms with van der Waals surface area (Å²) in [5, 5.41) is 8.57. The molecule has 1 aromatic carbocycles. The molecular weight excluding hydrogens is 341 g/mol. The topological polar surface area (TPSA) is 59.4 Å². The number of benzene rings is 1. The van der Waals surface area contributed by atoms with Crippen molar-refractivity contribution in [1.29, 1.82) is 0 Å². The predicted octanol–water partition coefficient (Wildman–Crippen LogP) is 3.66. The number of halogens is 2. The van der Waals surface area contributed by atoms with Crippen molar-refractivity contribution in [3.05, 3.63) is 64.2 Å². The van der Waals surface area contributed by atoms with E-state index >= 15 is 0 Å². The summed E-state index contributed by atoms with van der Waals surface area (Å²) in [4.78, 5) is 14.2. The number of ether oxygens (including phenoxy) is 1. The minimum absolute atomic E-state index is 0.188. The number of rotatable bonds is 5. The smallest absolute Gasteiger partial charge is 0.328 e. The molecule has 0 bridgehead atoms. The van der Waals surface area contributed by atoms with E-state index in [2.05, 4.69) is 20.9 Å². The van der Waals surface area contributed by atoms with E-state index in [0.717, 1.165) is 17.8 Å². The van der Waals surface area contributed by atoms with Gasteiger partial charge in [-0.3, -0.25) is 4.98 Å². The van der Waals surface area contributed by atoms with Gasteiger partial charge in [-0.1, -0.05) is 6.07 Å². The van der Waals surface area contributed by atoms with Crippen LogP contribution in [0.4, 0.5) is 4.39 Å². The fraction of sp³-hybridized carbons (Fsp3) is 0.0667. The molecule has 0 amide bonds. The van der Waals surface area contributed by atoms with Crippen molar-refractivity contribution in [2.24, 2.45) is 0 Å². The van der Waals surface area contributed by atoms with E-state index in [1.54, 1.807) is 18.2 Å².